The molecular weight excluding hydrogens is 208 g/mol. The molecule has 0 unspecified atom stereocenters. The summed E-state index contributed by atoms with van der Waals surface area (Å²) in [5, 5.41) is 4.42. The summed E-state index contributed by atoms with van der Waals surface area (Å²) in [6, 6.07) is 0. The van der Waals surface area contributed by atoms with Gasteiger partial charge in [-0.3, -0.25) is 0 Å². The predicted molar refractivity (Wildman–Crippen MR) is 59.8 cm³/mol. The Morgan fingerprint density at radius 2 is 2.33 bits per heavy atom. The SMILES string of the molecule is Cc1ncc(-c2cnc3n2CCNC3)s1. The summed E-state index contributed by atoms with van der Waals surface area (Å²) in [6.07, 6.45) is 3.89. The van der Waals surface area contributed by atoms with Crippen LogP contribution >= 0.6 is 11.3 Å². The van der Waals surface area contributed by atoms with Crippen LogP contribution in [0.15, 0.2) is 12.4 Å². The largest absolute Gasteiger partial charge is 0.325 e. The monoisotopic (exact) mass is 220 g/mol. The van der Waals surface area contributed by atoms with Gasteiger partial charge < -0.3 is 9.88 Å². The minimum Gasteiger partial charge on any atom is -0.325 e. The Hall–Kier alpha value is -1.20. The molecule has 1 N–H and O–H groups in total. The fourth-order valence-corrected chi connectivity index (χ4v) is 2.67. The third kappa shape index (κ3) is 1.48. The molecule has 1 aliphatic rings. The van der Waals surface area contributed by atoms with Gasteiger partial charge in [0, 0.05) is 19.3 Å². The fourth-order valence-electron chi connectivity index (χ4n) is 1.87. The Labute approximate surface area is 92.0 Å². The van der Waals surface area contributed by atoms with Crippen molar-refractivity contribution in [3.05, 3.63) is 23.2 Å². The molecule has 0 aromatic carbocycles. The van der Waals surface area contributed by atoms with Gasteiger partial charge in [0.2, 0.25) is 0 Å². The maximum absolute atomic E-state index is 4.42. The van der Waals surface area contributed by atoms with E-state index in [2.05, 4.69) is 19.9 Å². The van der Waals surface area contributed by atoms with E-state index < -0.39 is 0 Å². The third-order valence-corrected chi connectivity index (χ3v) is 3.54. The summed E-state index contributed by atoms with van der Waals surface area (Å²) in [5.41, 5.74) is 1.21. The molecule has 3 heterocycles. The number of hydrogen-bond acceptors (Lipinski definition) is 4. The summed E-state index contributed by atoms with van der Waals surface area (Å²) in [6.45, 7) is 4.93. The number of thiazole rings is 1. The molecule has 15 heavy (non-hydrogen) atoms. The minimum absolute atomic E-state index is 0.873. The Morgan fingerprint density at radius 3 is 3.13 bits per heavy atom. The van der Waals surface area contributed by atoms with E-state index in [1.807, 2.05) is 19.3 Å². The van der Waals surface area contributed by atoms with E-state index >= 15 is 0 Å². The summed E-state index contributed by atoms with van der Waals surface area (Å²) in [4.78, 5) is 9.92. The molecule has 78 valence electrons. The molecule has 0 saturated heterocycles. The van der Waals surface area contributed by atoms with Gasteiger partial charge in [0.15, 0.2) is 0 Å². The second-order valence-corrected chi connectivity index (χ2v) is 4.87. The molecule has 0 fully saturated rings. The van der Waals surface area contributed by atoms with Crippen LogP contribution in [0.1, 0.15) is 10.8 Å². The zero-order valence-corrected chi connectivity index (χ0v) is 9.34. The first-order valence-electron chi connectivity index (χ1n) is 5.02. The topological polar surface area (TPSA) is 42.7 Å². The molecule has 4 nitrogen and oxygen atoms in total. The average molecular weight is 220 g/mol. The second-order valence-electron chi connectivity index (χ2n) is 3.63. The van der Waals surface area contributed by atoms with Crippen LogP contribution in [0.2, 0.25) is 0 Å². The zero-order chi connectivity index (χ0) is 10.3. The third-order valence-electron chi connectivity index (χ3n) is 2.61. The Balaban J connectivity index is 2.08. The smallest absolute Gasteiger partial charge is 0.123 e. The highest BCUT2D eigenvalue weighted by molar-refractivity contribution is 7.15. The number of hydrogen-bond donors (Lipinski definition) is 1. The molecule has 0 amide bonds. The number of rotatable bonds is 1. The van der Waals surface area contributed by atoms with Gasteiger partial charge in [-0.1, -0.05) is 0 Å². The van der Waals surface area contributed by atoms with E-state index in [4.69, 9.17) is 0 Å². The normalized spacial score (nSPS) is 15.3. The van der Waals surface area contributed by atoms with E-state index in [-0.39, 0.29) is 0 Å². The molecule has 2 aromatic heterocycles. The van der Waals surface area contributed by atoms with Gasteiger partial charge in [-0.25, -0.2) is 9.97 Å². The Morgan fingerprint density at radius 1 is 1.40 bits per heavy atom. The molecule has 1 aliphatic heterocycles. The maximum atomic E-state index is 4.42. The lowest BCUT2D eigenvalue weighted by Crippen LogP contribution is -2.28. The van der Waals surface area contributed by atoms with Crippen molar-refractivity contribution < 1.29 is 0 Å². The average Bonchev–Trinajstić information content (AvgIpc) is 2.83. The first-order chi connectivity index (χ1) is 7.34. The lowest BCUT2D eigenvalue weighted by molar-refractivity contribution is 0.509. The standard InChI is InChI=1S/C10H12N4S/c1-7-12-5-9(15-7)8-4-13-10-6-11-2-3-14(8)10/h4-5,11H,2-3,6H2,1H3. The number of aromatic nitrogens is 3. The highest BCUT2D eigenvalue weighted by Gasteiger charge is 2.15. The van der Waals surface area contributed by atoms with Gasteiger partial charge in [-0.2, -0.15) is 0 Å². The van der Waals surface area contributed by atoms with Crippen LogP contribution in [-0.4, -0.2) is 21.1 Å². The van der Waals surface area contributed by atoms with Crippen molar-refractivity contribution in [2.75, 3.05) is 6.54 Å². The Bertz CT molecular complexity index is 485. The van der Waals surface area contributed by atoms with Crippen LogP contribution in [-0.2, 0) is 13.1 Å². The lowest BCUT2D eigenvalue weighted by Gasteiger charge is -2.16. The predicted octanol–water partition coefficient (Wildman–Crippen LogP) is 1.42. The first kappa shape index (κ1) is 9.06. The van der Waals surface area contributed by atoms with Crippen molar-refractivity contribution >= 4 is 11.3 Å². The Kier molecular flexibility index (Phi) is 2.07. The van der Waals surface area contributed by atoms with Crippen molar-refractivity contribution in [3.63, 3.8) is 0 Å². The van der Waals surface area contributed by atoms with Crippen molar-refractivity contribution in [1.29, 1.82) is 0 Å². The van der Waals surface area contributed by atoms with E-state index in [0.717, 1.165) is 30.5 Å². The van der Waals surface area contributed by atoms with E-state index in [1.165, 1.54) is 10.6 Å². The van der Waals surface area contributed by atoms with Gasteiger partial charge >= 0.3 is 0 Å². The van der Waals surface area contributed by atoms with Gasteiger partial charge in [0.1, 0.15) is 5.82 Å². The summed E-state index contributed by atoms with van der Waals surface area (Å²) < 4.78 is 2.28. The molecule has 0 atom stereocenters. The minimum atomic E-state index is 0.873. The highest BCUT2D eigenvalue weighted by atomic mass is 32.1. The quantitative estimate of drug-likeness (QED) is 0.790. The number of nitrogens with zero attached hydrogens (tertiary/aromatic N) is 3. The van der Waals surface area contributed by atoms with Gasteiger partial charge in [0.05, 0.1) is 28.3 Å². The van der Waals surface area contributed by atoms with Crippen molar-refractivity contribution in [1.82, 2.24) is 19.9 Å². The molecule has 2 aromatic rings. The molecule has 0 spiro atoms. The molecule has 0 saturated carbocycles. The molecule has 0 bridgehead atoms. The summed E-state index contributed by atoms with van der Waals surface area (Å²) >= 11 is 1.73. The zero-order valence-electron chi connectivity index (χ0n) is 8.53. The van der Waals surface area contributed by atoms with Crippen LogP contribution in [0.5, 0.6) is 0 Å². The van der Waals surface area contributed by atoms with Crippen LogP contribution in [0.4, 0.5) is 0 Å². The summed E-state index contributed by atoms with van der Waals surface area (Å²) in [7, 11) is 0. The maximum Gasteiger partial charge on any atom is 0.123 e. The molecular formula is C10H12N4S. The summed E-state index contributed by atoms with van der Waals surface area (Å²) in [5.74, 6) is 1.13. The van der Waals surface area contributed by atoms with Crippen LogP contribution < -0.4 is 5.32 Å². The number of imidazole rings is 1. The second kappa shape index (κ2) is 3.43. The number of fused-ring (bicyclic) bond motifs is 1. The molecule has 0 radical (unpaired) electrons. The van der Waals surface area contributed by atoms with Crippen molar-refractivity contribution in [3.8, 4) is 10.6 Å². The van der Waals surface area contributed by atoms with Gasteiger partial charge in [-0.05, 0) is 6.92 Å². The van der Waals surface area contributed by atoms with Gasteiger partial charge in [-0.15, -0.1) is 11.3 Å². The van der Waals surface area contributed by atoms with E-state index in [1.54, 1.807) is 11.3 Å². The van der Waals surface area contributed by atoms with Crippen molar-refractivity contribution in [2.24, 2.45) is 0 Å². The molecule has 0 aliphatic carbocycles. The van der Waals surface area contributed by atoms with Crippen LogP contribution in [0, 0.1) is 6.92 Å². The van der Waals surface area contributed by atoms with Crippen LogP contribution in [0.3, 0.4) is 0 Å². The van der Waals surface area contributed by atoms with E-state index in [9.17, 15) is 0 Å². The van der Waals surface area contributed by atoms with E-state index in [0.29, 0.717) is 0 Å². The van der Waals surface area contributed by atoms with Crippen LogP contribution in [0.25, 0.3) is 10.6 Å². The fraction of sp³-hybridized carbons (Fsp3) is 0.400. The number of nitrogens with one attached hydrogen (secondary N) is 1. The molecule has 3 rings (SSSR count). The van der Waals surface area contributed by atoms with Crippen molar-refractivity contribution in [2.45, 2.75) is 20.0 Å². The number of aryl methyl sites for hydroxylation is 1. The molecule has 5 heteroatoms. The first-order valence-corrected chi connectivity index (χ1v) is 5.84. The highest BCUT2D eigenvalue weighted by Crippen LogP contribution is 2.27. The van der Waals surface area contributed by atoms with Gasteiger partial charge in [0.25, 0.3) is 0 Å². The lowest BCUT2D eigenvalue weighted by atomic mass is 10.3.